The second kappa shape index (κ2) is 4.95. The maximum Gasteiger partial charge on any atom is 0.110 e. The molecule has 0 aromatic carbocycles. The van der Waals surface area contributed by atoms with Crippen molar-refractivity contribution in [3.63, 3.8) is 0 Å². The largest absolute Gasteiger partial charge is 0.379 e. The van der Waals surface area contributed by atoms with Crippen LogP contribution in [0.4, 0.5) is 0 Å². The fourth-order valence-electron chi connectivity index (χ4n) is 2.17. The van der Waals surface area contributed by atoms with Crippen LogP contribution in [-0.2, 0) is 18.2 Å². The predicted molar refractivity (Wildman–Crippen MR) is 61.5 cm³/mol. The van der Waals surface area contributed by atoms with E-state index in [0.717, 1.165) is 12.2 Å². The van der Waals surface area contributed by atoms with Gasteiger partial charge in [0.2, 0.25) is 0 Å². The van der Waals surface area contributed by atoms with Gasteiger partial charge >= 0.3 is 0 Å². The average molecular weight is 224 g/mol. The smallest absolute Gasteiger partial charge is 0.110 e. The van der Waals surface area contributed by atoms with Gasteiger partial charge in [-0.3, -0.25) is 11.3 Å². The van der Waals surface area contributed by atoms with Gasteiger partial charge in [0.15, 0.2) is 0 Å². The zero-order valence-electron chi connectivity index (χ0n) is 9.89. The Hall–Kier alpha value is -0.910. The molecule has 2 atom stereocenters. The summed E-state index contributed by atoms with van der Waals surface area (Å²) in [5.41, 5.74) is 2.86. The van der Waals surface area contributed by atoms with Gasteiger partial charge in [0, 0.05) is 33.0 Å². The minimum atomic E-state index is 0.138. The monoisotopic (exact) mass is 224 g/mol. The first kappa shape index (κ1) is 11.6. The number of hydrogen-bond donors (Lipinski definition) is 2. The molecule has 2 rings (SSSR count). The Labute approximate surface area is 96.0 Å². The van der Waals surface area contributed by atoms with Crippen molar-refractivity contribution in [3.05, 3.63) is 18.2 Å². The van der Waals surface area contributed by atoms with Crippen LogP contribution in [0.5, 0.6) is 0 Å². The molecule has 5 heteroatoms. The first-order chi connectivity index (χ1) is 7.76. The molecule has 0 amide bonds. The van der Waals surface area contributed by atoms with E-state index in [1.54, 1.807) is 7.11 Å². The molecule has 5 nitrogen and oxygen atoms in total. The molecule has 1 aliphatic carbocycles. The molecule has 0 spiro atoms. The minimum absolute atomic E-state index is 0.138. The second-order valence-electron chi connectivity index (χ2n) is 4.47. The highest BCUT2D eigenvalue weighted by molar-refractivity contribution is 4.99. The molecular weight excluding hydrogens is 204 g/mol. The molecule has 1 aromatic rings. The summed E-state index contributed by atoms with van der Waals surface area (Å²) in [6, 6.07) is 0.138. The van der Waals surface area contributed by atoms with Crippen LogP contribution in [0.25, 0.3) is 0 Å². The molecule has 1 aromatic heterocycles. The van der Waals surface area contributed by atoms with Crippen molar-refractivity contribution in [1.82, 2.24) is 15.0 Å². The quantitative estimate of drug-likeness (QED) is 0.536. The van der Waals surface area contributed by atoms with Crippen molar-refractivity contribution < 1.29 is 4.74 Å². The molecule has 0 saturated heterocycles. The third-order valence-electron chi connectivity index (χ3n) is 3.29. The van der Waals surface area contributed by atoms with Gasteiger partial charge in [-0.1, -0.05) is 0 Å². The molecule has 1 saturated carbocycles. The van der Waals surface area contributed by atoms with Crippen LogP contribution >= 0.6 is 0 Å². The van der Waals surface area contributed by atoms with E-state index in [-0.39, 0.29) is 12.1 Å². The summed E-state index contributed by atoms with van der Waals surface area (Å²) in [5, 5.41) is 0. The maximum absolute atomic E-state index is 5.61. The lowest BCUT2D eigenvalue weighted by atomic mass is 10.0. The number of hydrazine groups is 1. The van der Waals surface area contributed by atoms with E-state index in [1.165, 1.54) is 12.8 Å². The first-order valence-corrected chi connectivity index (χ1v) is 5.71. The first-order valence-electron chi connectivity index (χ1n) is 5.71. The highest BCUT2D eigenvalue weighted by Gasteiger charge is 2.36. The number of aryl methyl sites for hydroxylation is 1. The summed E-state index contributed by atoms with van der Waals surface area (Å²) >= 11 is 0. The third-order valence-corrected chi connectivity index (χ3v) is 3.29. The van der Waals surface area contributed by atoms with Gasteiger partial charge in [-0.15, -0.1) is 0 Å². The summed E-state index contributed by atoms with van der Waals surface area (Å²) in [4.78, 5) is 4.31. The molecule has 1 heterocycles. The van der Waals surface area contributed by atoms with Crippen molar-refractivity contribution >= 4 is 0 Å². The Bertz CT molecular complexity index is 334. The standard InChI is InChI=1S/C11H20N4O/c1-15-6-5-13-10(15)7-9(14-12)11(16-2)8-3-4-8/h5-6,8-9,11,14H,3-4,7,12H2,1-2H3. The Morgan fingerprint density at radius 3 is 2.88 bits per heavy atom. The molecule has 0 aliphatic heterocycles. The molecule has 1 fully saturated rings. The highest BCUT2D eigenvalue weighted by Crippen LogP contribution is 2.35. The molecule has 1 aliphatic rings. The minimum Gasteiger partial charge on any atom is -0.379 e. The molecule has 2 unspecified atom stereocenters. The van der Waals surface area contributed by atoms with Crippen LogP contribution in [0.1, 0.15) is 18.7 Å². The molecule has 0 radical (unpaired) electrons. The van der Waals surface area contributed by atoms with E-state index in [1.807, 2.05) is 24.0 Å². The van der Waals surface area contributed by atoms with Crippen LogP contribution in [0.2, 0.25) is 0 Å². The highest BCUT2D eigenvalue weighted by atomic mass is 16.5. The number of nitrogens with one attached hydrogen (secondary N) is 1. The topological polar surface area (TPSA) is 65.1 Å². The molecular formula is C11H20N4O. The molecule has 90 valence electrons. The van der Waals surface area contributed by atoms with Crippen LogP contribution in [-0.4, -0.2) is 28.8 Å². The Balaban J connectivity index is 2.01. The lowest BCUT2D eigenvalue weighted by Gasteiger charge is -2.25. The number of aromatic nitrogens is 2. The number of hydrogen-bond acceptors (Lipinski definition) is 4. The van der Waals surface area contributed by atoms with Crippen LogP contribution in [0.15, 0.2) is 12.4 Å². The normalized spacial score (nSPS) is 19.7. The fourth-order valence-corrected chi connectivity index (χ4v) is 2.17. The van der Waals surface area contributed by atoms with Crippen molar-refractivity contribution in [3.8, 4) is 0 Å². The van der Waals surface area contributed by atoms with Crippen molar-refractivity contribution in [1.29, 1.82) is 0 Å². The summed E-state index contributed by atoms with van der Waals surface area (Å²) < 4.78 is 7.55. The molecule has 16 heavy (non-hydrogen) atoms. The lowest BCUT2D eigenvalue weighted by Crippen LogP contribution is -2.47. The lowest BCUT2D eigenvalue weighted by molar-refractivity contribution is 0.0503. The van der Waals surface area contributed by atoms with Crippen LogP contribution < -0.4 is 11.3 Å². The number of nitrogens with two attached hydrogens (primary N) is 1. The van der Waals surface area contributed by atoms with Gasteiger partial charge in [-0.05, 0) is 18.8 Å². The van der Waals surface area contributed by atoms with Crippen molar-refractivity contribution in [2.45, 2.75) is 31.4 Å². The predicted octanol–water partition coefficient (Wildman–Crippen LogP) is 0.220. The van der Waals surface area contributed by atoms with Crippen molar-refractivity contribution in [2.75, 3.05) is 7.11 Å². The number of nitrogens with zero attached hydrogens (tertiary/aromatic N) is 2. The van der Waals surface area contributed by atoms with E-state index >= 15 is 0 Å². The van der Waals surface area contributed by atoms with Gasteiger partial charge in [0.1, 0.15) is 5.82 Å². The number of methoxy groups -OCH3 is 1. The van der Waals surface area contributed by atoms with Crippen LogP contribution in [0.3, 0.4) is 0 Å². The number of imidazole rings is 1. The van der Waals surface area contributed by atoms with E-state index in [0.29, 0.717) is 5.92 Å². The van der Waals surface area contributed by atoms with E-state index in [4.69, 9.17) is 10.6 Å². The fraction of sp³-hybridized carbons (Fsp3) is 0.727. The Morgan fingerprint density at radius 1 is 1.69 bits per heavy atom. The van der Waals surface area contributed by atoms with Gasteiger partial charge < -0.3 is 9.30 Å². The van der Waals surface area contributed by atoms with E-state index < -0.39 is 0 Å². The summed E-state index contributed by atoms with van der Waals surface area (Å²) in [7, 11) is 3.75. The SMILES string of the molecule is COC(C1CC1)C(Cc1nccn1C)NN. The zero-order chi connectivity index (χ0) is 11.5. The van der Waals surface area contributed by atoms with Gasteiger partial charge in [0.05, 0.1) is 12.1 Å². The van der Waals surface area contributed by atoms with Gasteiger partial charge in [0.25, 0.3) is 0 Å². The Morgan fingerprint density at radius 2 is 2.44 bits per heavy atom. The van der Waals surface area contributed by atoms with Crippen LogP contribution in [0, 0.1) is 5.92 Å². The van der Waals surface area contributed by atoms with Crippen molar-refractivity contribution in [2.24, 2.45) is 18.8 Å². The van der Waals surface area contributed by atoms with Gasteiger partial charge in [-0.2, -0.15) is 0 Å². The molecule has 0 bridgehead atoms. The van der Waals surface area contributed by atoms with E-state index in [2.05, 4.69) is 10.4 Å². The number of ether oxygens (including phenoxy) is 1. The zero-order valence-corrected chi connectivity index (χ0v) is 9.89. The van der Waals surface area contributed by atoms with E-state index in [9.17, 15) is 0 Å². The summed E-state index contributed by atoms with van der Waals surface area (Å²) in [6.07, 6.45) is 7.24. The summed E-state index contributed by atoms with van der Waals surface area (Å²) in [6.45, 7) is 0. The number of rotatable bonds is 6. The molecule has 3 N–H and O–H groups in total. The average Bonchev–Trinajstić information content (AvgIpc) is 3.04. The maximum atomic E-state index is 5.61. The Kier molecular flexibility index (Phi) is 3.58. The second-order valence-corrected chi connectivity index (χ2v) is 4.47. The third kappa shape index (κ3) is 2.42. The summed E-state index contributed by atoms with van der Waals surface area (Å²) in [5.74, 6) is 7.31. The van der Waals surface area contributed by atoms with Gasteiger partial charge in [-0.25, -0.2) is 4.98 Å².